The molecule has 0 bridgehead atoms. The molecule has 0 atom stereocenters. The van der Waals surface area contributed by atoms with Gasteiger partial charge in [0.15, 0.2) is 5.69 Å². The number of nitrogens with zero attached hydrogens (tertiary/aromatic N) is 1. The van der Waals surface area contributed by atoms with Gasteiger partial charge in [0.05, 0.1) is 11.0 Å². The molecule has 0 radical (unpaired) electrons. The van der Waals surface area contributed by atoms with Crippen molar-refractivity contribution in [1.82, 2.24) is 9.97 Å². The van der Waals surface area contributed by atoms with Crippen LogP contribution in [0, 0.1) is 6.92 Å². The van der Waals surface area contributed by atoms with Crippen LogP contribution in [0.2, 0.25) is 0 Å². The van der Waals surface area contributed by atoms with Crippen molar-refractivity contribution >= 4 is 11.0 Å². The third-order valence-corrected chi connectivity index (χ3v) is 2.68. The van der Waals surface area contributed by atoms with Gasteiger partial charge in [-0.25, -0.2) is 4.98 Å². The van der Waals surface area contributed by atoms with E-state index in [1.807, 2.05) is 0 Å². The summed E-state index contributed by atoms with van der Waals surface area (Å²) in [5.74, 6) is -3.30. The second-order valence-electron chi connectivity index (χ2n) is 4.08. The number of aryl methyl sites for hydroxylation is 1. The third kappa shape index (κ3) is 2.03. The minimum Gasteiger partial charge on any atom is -0.319 e. The highest BCUT2D eigenvalue weighted by Crippen LogP contribution is 2.29. The van der Waals surface area contributed by atoms with Crippen molar-refractivity contribution in [3.05, 3.63) is 52.5 Å². The van der Waals surface area contributed by atoms with Gasteiger partial charge in [-0.15, -0.1) is 6.58 Å². The molecule has 0 amide bonds. The monoisotopic (exact) mass is 250 g/mol. The molecule has 0 spiro atoms. The molecular formula is C13H12F2N2O. The number of para-hydroxylation sites is 1. The predicted octanol–water partition coefficient (Wildman–Crippen LogP) is 2.90. The summed E-state index contributed by atoms with van der Waals surface area (Å²) in [6.45, 7) is 5.04. The number of benzene rings is 1. The van der Waals surface area contributed by atoms with Gasteiger partial charge in [-0.05, 0) is 18.6 Å². The lowest BCUT2D eigenvalue weighted by atomic mass is 10.1. The number of H-pyrrole nitrogens is 1. The van der Waals surface area contributed by atoms with E-state index in [-0.39, 0.29) is 0 Å². The average molecular weight is 250 g/mol. The van der Waals surface area contributed by atoms with Gasteiger partial charge in [0, 0.05) is 6.42 Å². The molecule has 0 fully saturated rings. The fraction of sp³-hybridized carbons (Fsp3) is 0.231. The summed E-state index contributed by atoms with van der Waals surface area (Å²) in [6, 6.07) is 5.08. The molecule has 5 heteroatoms. The second-order valence-corrected chi connectivity index (χ2v) is 4.08. The van der Waals surface area contributed by atoms with Crippen molar-refractivity contribution in [3.8, 4) is 0 Å². The smallest absolute Gasteiger partial charge is 0.298 e. The van der Waals surface area contributed by atoms with Crippen LogP contribution in [0.5, 0.6) is 0 Å². The fourth-order valence-electron chi connectivity index (χ4n) is 1.78. The maximum Gasteiger partial charge on any atom is 0.298 e. The highest BCUT2D eigenvalue weighted by molar-refractivity contribution is 5.77. The number of hydrogen-bond acceptors (Lipinski definition) is 2. The quantitative estimate of drug-likeness (QED) is 0.851. The Balaban J connectivity index is 2.71. The van der Waals surface area contributed by atoms with E-state index in [0.717, 1.165) is 11.6 Å². The summed E-state index contributed by atoms with van der Waals surface area (Å²) in [5.41, 5.74) is 0.00817. The lowest BCUT2D eigenvalue weighted by molar-refractivity contribution is -0.00662. The van der Waals surface area contributed by atoms with E-state index in [0.29, 0.717) is 11.0 Å². The second kappa shape index (κ2) is 4.33. The van der Waals surface area contributed by atoms with E-state index < -0.39 is 23.6 Å². The van der Waals surface area contributed by atoms with Crippen molar-refractivity contribution in [2.45, 2.75) is 19.3 Å². The molecular weight excluding hydrogens is 238 g/mol. The minimum absolute atomic E-state index is 0.355. The molecule has 1 heterocycles. The zero-order valence-corrected chi connectivity index (χ0v) is 9.84. The van der Waals surface area contributed by atoms with Gasteiger partial charge in [0.25, 0.3) is 11.5 Å². The zero-order chi connectivity index (χ0) is 13.3. The molecule has 0 aliphatic carbocycles. The molecule has 1 aromatic carbocycles. The van der Waals surface area contributed by atoms with E-state index in [2.05, 4.69) is 16.5 Å². The van der Waals surface area contributed by atoms with Crippen LogP contribution in [0.15, 0.2) is 35.6 Å². The molecule has 0 saturated heterocycles. The molecule has 94 valence electrons. The summed E-state index contributed by atoms with van der Waals surface area (Å²) in [4.78, 5) is 17.9. The Morgan fingerprint density at radius 2 is 2.22 bits per heavy atom. The predicted molar refractivity (Wildman–Crippen MR) is 65.8 cm³/mol. The Bertz CT molecular complexity index is 662. The normalized spacial score (nSPS) is 11.7. The van der Waals surface area contributed by atoms with Crippen LogP contribution in [0.25, 0.3) is 11.0 Å². The molecule has 1 N–H and O–H groups in total. The molecule has 0 saturated carbocycles. The molecule has 0 aliphatic heterocycles. The maximum absolute atomic E-state index is 13.7. The first-order valence-corrected chi connectivity index (χ1v) is 5.44. The summed E-state index contributed by atoms with van der Waals surface area (Å²) in [5, 5.41) is 0. The van der Waals surface area contributed by atoms with Gasteiger partial charge >= 0.3 is 0 Å². The van der Waals surface area contributed by atoms with Crippen LogP contribution in [-0.4, -0.2) is 9.97 Å². The minimum atomic E-state index is -3.30. The van der Waals surface area contributed by atoms with Crippen LogP contribution in [-0.2, 0) is 5.92 Å². The number of rotatable bonds is 3. The van der Waals surface area contributed by atoms with Crippen LogP contribution in [0.1, 0.15) is 17.7 Å². The zero-order valence-electron chi connectivity index (χ0n) is 9.84. The molecule has 1 aromatic heterocycles. The first-order chi connectivity index (χ1) is 8.45. The first-order valence-electron chi connectivity index (χ1n) is 5.44. The van der Waals surface area contributed by atoms with Gasteiger partial charge in [-0.1, -0.05) is 18.2 Å². The molecule has 0 aliphatic rings. The highest BCUT2D eigenvalue weighted by Gasteiger charge is 2.35. The maximum atomic E-state index is 13.7. The SMILES string of the molecule is C=CCC(F)(F)c1nc2cccc(C)c2[nH]c1=O. The van der Waals surface area contributed by atoms with Gasteiger partial charge in [-0.3, -0.25) is 4.79 Å². The topological polar surface area (TPSA) is 45.8 Å². The Morgan fingerprint density at radius 1 is 1.50 bits per heavy atom. The molecule has 2 rings (SSSR count). The largest absolute Gasteiger partial charge is 0.319 e. The third-order valence-electron chi connectivity index (χ3n) is 2.68. The van der Waals surface area contributed by atoms with E-state index >= 15 is 0 Å². The summed E-state index contributed by atoms with van der Waals surface area (Å²) in [6.07, 6.45) is 0.460. The van der Waals surface area contributed by atoms with Crippen LogP contribution in [0.4, 0.5) is 8.78 Å². The van der Waals surface area contributed by atoms with Crippen molar-refractivity contribution in [2.75, 3.05) is 0 Å². The standard InChI is InChI=1S/C13H12F2N2O/c1-3-7-13(14,15)11-12(18)17-10-8(2)5-4-6-9(10)16-11/h3-6H,1,7H2,2H3,(H,17,18). The highest BCUT2D eigenvalue weighted by atomic mass is 19.3. The van der Waals surface area contributed by atoms with Gasteiger partial charge in [0.2, 0.25) is 0 Å². The number of halogens is 2. The number of allylic oxidation sites excluding steroid dienone is 1. The number of aromatic nitrogens is 2. The number of hydrogen-bond donors (Lipinski definition) is 1. The Hall–Kier alpha value is -2.04. The van der Waals surface area contributed by atoms with Crippen LogP contribution >= 0.6 is 0 Å². The first kappa shape index (κ1) is 12.4. The molecule has 18 heavy (non-hydrogen) atoms. The van der Waals surface area contributed by atoms with E-state index in [9.17, 15) is 13.6 Å². The lowest BCUT2D eigenvalue weighted by Gasteiger charge is -2.13. The summed E-state index contributed by atoms with van der Waals surface area (Å²) in [7, 11) is 0. The Labute approximate surface area is 102 Å². The molecule has 2 aromatic rings. The van der Waals surface area contributed by atoms with Crippen LogP contribution < -0.4 is 5.56 Å². The van der Waals surface area contributed by atoms with Crippen molar-refractivity contribution < 1.29 is 8.78 Å². The molecule has 3 nitrogen and oxygen atoms in total. The number of nitrogens with one attached hydrogen (secondary N) is 1. The van der Waals surface area contributed by atoms with Crippen LogP contribution in [0.3, 0.4) is 0 Å². The van der Waals surface area contributed by atoms with E-state index in [1.54, 1.807) is 25.1 Å². The lowest BCUT2D eigenvalue weighted by Crippen LogP contribution is -2.26. The number of fused-ring (bicyclic) bond motifs is 1. The van der Waals surface area contributed by atoms with Gasteiger partial charge < -0.3 is 4.98 Å². The summed E-state index contributed by atoms with van der Waals surface area (Å²) >= 11 is 0. The van der Waals surface area contributed by atoms with Crippen molar-refractivity contribution in [3.63, 3.8) is 0 Å². The fourth-order valence-corrected chi connectivity index (χ4v) is 1.78. The number of aromatic amines is 1. The van der Waals surface area contributed by atoms with E-state index in [4.69, 9.17) is 0 Å². The molecule has 0 unspecified atom stereocenters. The van der Waals surface area contributed by atoms with Gasteiger partial charge in [0.1, 0.15) is 0 Å². The van der Waals surface area contributed by atoms with Crippen molar-refractivity contribution in [1.29, 1.82) is 0 Å². The Morgan fingerprint density at radius 3 is 2.89 bits per heavy atom. The summed E-state index contributed by atoms with van der Waals surface area (Å²) < 4.78 is 27.4. The number of alkyl halides is 2. The van der Waals surface area contributed by atoms with E-state index in [1.165, 1.54) is 0 Å². The average Bonchev–Trinajstić information content (AvgIpc) is 2.29. The van der Waals surface area contributed by atoms with Gasteiger partial charge in [-0.2, -0.15) is 8.78 Å². The van der Waals surface area contributed by atoms with Crippen molar-refractivity contribution in [2.24, 2.45) is 0 Å². The Kier molecular flexibility index (Phi) is 2.98.